The van der Waals surface area contributed by atoms with Gasteiger partial charge in [0.25, 0.3) is 0 Å². The van der Waals surface area contributed by atoms with E-state index in [1.54, 1.807) is 25.1 Å². The Labute approximate surface area is 124 Å². The highest BCUT2D eigenvalue weighted by Gasteiger charge is 2.20. The molecular formula is C16H22N2O3. The number of aromatic nitrogens is 2. The Hall–Kier alpha value is -1.88. The number of hydrogen-bond acceptors (Lipinski definition) is 3. The summed E-state index contributed by atoms with van der Waals surface area (Å²) in [6.45, 7) is 7.90. The highest BCUT2D eigenvalue weighted by molar-refractivity contribution is 5.92. The third-order valence-electron chi connectivity index (χ3n) is 3.60. The van der Waals surface area contributed by atoms with Crippen LogP contribution in [0.15, 0.2) is 18.2 Å². The van der Waals surface area contributed by atoms with Gasteiger partial charge in [0.05, 0.1) is 22.7 Å². The van der Waals surface area contributed by atoms with E-state index in [2.05, 4.69) is 23.4 Å². The van der Waals surface area contributed by atoms with Gasteiger partial charge in [-0.15, -0.1) is 0 Å². The van der Waals surface area contributed by atoms with Crippen LogP contribution in [0, 0.1) is 0 Å². The molecule has 0 fully saturated rings. The normalized spacial score (nSPS) is 14.6. The van der Waals surface area contributed by atoms with Gasteiger partial charge in [-0.25, -0.2) is 9.78 Å². The van der Waals surface area contributed by atoms with Crippen LogP contribution in [0.5, 0.6) is 0 Å². The van der Waals surface area contributed by atoms with Gasteiger partial charge < -0.3 is 14.8 Å². The highest BCUT2D eigenvalue weighted by Crippen LogP contribution is 2.28. The van der Waals surface area contributed by atoms with E-state index in [4.69, 9.17) is 5.11 Å². The van der Waals surface area contributed by atoms with Crippen molar-refractivity contribution in [1.82, 2.24) is 9.55 Å². The molecule has 2 rings (SSSR count). The molecule has 2 aromatic rings. The number of hydrogen-bond donors (Lipinski definition) is 2. The third-order valence-corrected chi connectivity index (χ3v) is 3.60. The fourth-order valence-electron chi connectivity index (χ4n) is 2.71. The molecule has 0 saturated carbocycles. The van der Waals surface area contributed by atoms with Crippen molar-refractivity contribution in [2.24, 2.45) is 0 Å². The Bertz CT molecular complexity index is 659. The van der Waals surface area contributed by atoms with E-state index in [0.717, 1.165) is 16.9 Å². The molecule has 0 spiro atoms. The Morgan fingerprint density at radius 3 is 2.48 bits per heavy atom. The van der Waals surface area contributed by atoms with E-state index in [1.807, 2.05) is 6.92 Å². The Morgan fingerprint density at radius 1 is 1.29 bits per heavy atom. The lowest BCUT2D eigenvalue weighted by atomic mass is 10.1. The summed E-state index contributed by atoms with van der Waals surface area (Å²) in [5.41, 5.74) is 1.86. The van der Waals surface area contributed by atoms with E-state index >= 15 is 0 Å². The smallest absolute Gasteiger partial charge is 0.335 e. The van der Waals surface area contributed by atoms with Crippen molar-refractivity contribution in [3.05, 3.63) is 29.6 Å². The second-order valence-electron chi connectivity index (χ2n) is 5.94. The Balaban J connectivity index is 2.64. The largest absolute Gasteiger partial charge is 0.478 e. The summed E-state index contributed by atoms with van der Waals surface area (Å²) < 4.78 is 2.05. The summed E-state index contributed by atoms with van der Waals surface area (Å²) in [6, 6.07) is 5.04. The van der Waals surface area contributed by atoms with E-state index < -0.39 is 12.1 Å². The molecule has 0 aliphatic rings. The van der Waals surface area contributed by atoms with Gasteiger partial charge in [0, 0.05) is 12.0 Å². The van der Waals surface area contributed by atoms with Crippen LogP contribution in [-0.4, -0.2) is 31.8 Å². The van der Waals surface area contributed by atoms with Crippen molar-refractivity contribution in [2.75, 3.05) is 0 Å². The molecule has 1 aromatic carbocycles. The van der Waals surface area contributed by atoms with Crippen LogP contribution >= 0.6 is 0 Å². The number of carboxylic acids is 1. The molecule has 2 N–H and O–H groups in total. The molecule has 5 nitrogen and oxygen atoms in total. The molecule has 21 heavy (non-hydrogen) atoms. The summed E-state index contributed by atoms with van der Waals surface area (Å²) in [4.78, 5) is 15.8. The van der Waals surface area contributed by atoms with Crippen molar-refractivity contribution in [3.63, 3.8) is 0 Å². The minimum Gasteiger partial charge on any atom is -0.478 e. The maximum atomic E-state index is 11.2. The molecule has 0 aliphatic heterocycles. The molecule has 2 atom stereocenters. The predicted octanol–water partition coefficient (Wildman–Crippen LogP) is 3.19. The maximum Gasteiger partial charge on any atom is 0.335 e. The lowest BCUT2D eigenvalue weighted by molar-refractivity contribution is 0.0697. The molecule has 1 heterocycles. The number of carbonyl (C=O) groups is 1. The second-order valence-corrected chi connectivity index (χ2v) is 5.94. The molecule has 0 bridgehead atoms. The van der Waals surface area contributed by atoms with Gasteiger partial charge in [-0.2, -0.15) is 0 Å². The number of benzene rings is 1. The number of aliphatic hydroxyl groups is 1. The zero-order valence-corrected chi connectivity index (χ0v) is 12.9. The van der Waals surface area contributed by atoms with Gasteiger partial charge in [-0.05, 0) is 38.5 Å². The summed E-state index contributed by atoms with van der Waals surface area (Å²) in [5.74, 6) is 0.196. The number of aliphatic hydroxyl groups excluding tert-OH is 1. The maximum absolute atomic E-state index is 11.2. The standard InChI is InChI=1S/C16H22N2O3/c1-9(2)15-17-13-6-5-12(16(20)21)8-14(13)18(15)10(3)7-11(4)19/h5-6,8-11,19H,7H2,1-4H3,(H,20,21). The van der Waals surface area contributed by atoms with Crippen LogP contribution in [0.3, 0.4) is 0 Å². The number of carboxylic acid groups (broad SMARTS) is 1. The van der Waals surface area contributed by atoms with Crippen LogP contribution in [0.2, 0.25) is 0 Å². The van der Waals surface area contributed by atoms with Crippen molar-refractivity contribution in [2.45, 2.75) is 52.2 Å². The molecule has 114 valence electrons. The van der Waals surface area contributed by atoms with Gasteiger partial charge in [0.2, 0.25) is 0 Å². The van der Waals surface area contributed by atoms with Crippen LogP contribution in [0.4, 0.5) is 0 Å². The first-order chi connectivity index (χ1) is 9.81. The molecule has 2 unspecified atom stereocenters. The van der Waals surface area contributed by atoms with Gasteiger partial charge >= 0.3 is 5.97 Å². The van der Waals surface area contributed by atoms with Crippen LogP contribution < -0.4 is 0 Å². The first kappa shape index (κ1) is 15.5. The molecule has 5 heteroatoms. The topological polar surface area (TPSA) is 75.3 Å². The lowest BCUT2D eigenvalue weighted by Crippen LogP contribution is -2.15. The van der Waals surface area contributed by atoms with Crippen molar-refractivity contribution in [1.29, 1.82) is 0 Å². The number of nitrogens with zero attached hydrogens (tertiary/aromatic N) is 2. The van der Waals surface area contributed by atoms with Crippen molar-refractivity contribution in [3.8, 4) is 0 Å². The molecule has 1 aromatic heterocycles. The monoisotopic (exact) mass is 290 g/mol. The van der Waals surface area contributed by atoms with E-state index in [9.17, 15) is 9.90 Å². The molecule has 0 aliphatic carbocycles. The van der Waals surface area contributed by atoms with Gasteiger partial charge in [-0.1, -0.05) is 13.8 Å². The number of imidazole rings is 1. The summed E-state index contributed by atoms with van der Waals surface area (Å²) >= 11 is 0. The average molecular weight is 290 g/mol. The lowest BCUT2D eigenvalue weighted by Gasteiger charge is -2.20. The predicted molar refractivity (Wildman–Crippen MR) is 81.8 cm³/mol. The number of rotatable bonds is 5. The van der Waals surface area contributed by atoms with Gasteiger partial charge in [0.1, 0.15) is 5.82 Å². The van der Waals surface area contributed by atoms with Crippen LogP contribution in [-0.2, 0) is 0 Å². The number of fused-ring (bicyclic) bond motifs is 1. The molecule has 0 saturated heterocycles. The summed E-state index contributed by atoms with van der Waals surface area (Å²) in [5, 5.41) is 18.8. The highest BCUT2D eigenvalue weighted by atomic mass is 16.4. The van der Waals surface area contributed by atoms with E-state index in [1.165, 1.54) is 0 Å². The van der Waals surface area contributed by atoms with Gasteiger partial charge in [0.15, 0.2) is 0 Å². The fourth-order valence-corrected chi connectivity index (χ4v) is 2.71. The SMILES string of the molecule is CC(O)CC(C)n1c(C(C)C)nc2ccc(C(=O)O)cc21. The van der Waals surface area contributed by atoms with Crippen molar-refractivity contribution >= 4 is 17.0 Å². The first-order valence-corrected chi connectivity index (χ1v) is 7.24. The summed E-state index contributed by atoms with van der Waals surface area (Å²) in [7, 11) is 0. The quantitative estimate of drug-likeness (QED) is 0.886. The Morgan fingerprint density at radius 2 is 1.95 bits per heavy atom. The van der Waals surface area contributed by atoms with E-state index in [-0.39, 0.29) is 17.5 Å². The van der Waals surface area contributed by atoms with Gasteiger partial charge in [-0.3, -0.25) is 0 Å². The summed E-state index contributed by atoms with van der Waals surface area (Å²) in [6.07, 6.45) is 0.183. The van der Waals surface area contributed by atoms with Crippen LogP contribution in [0.25, 0.3) is 11.0 Å². The fraction of sp³-hybridized carbons (Fsp3) is 0.500. The zero-order chi connectivity index (χ0) is 15.7. The van der Waals surface area contributed by atoms with Crippen LogP contribution in [0.1, 0.15) is 62.3 Å². The Kier molecular flexibility index (Phi) is 4.32. The molecular weight excluding hydrogens is 268 g/mol. The minimum absolute atomic E-state index is 0.0523. The minimum atomic E-state index is -0.945. The van der Waals surface area contributed by atoms with E-state index in [0.29, 0.717) is 6.42 Å². The molecule has 0 amide bonds. The first-order valence-electron chi connectivity index (χ1n) is 7.24. The van der Waals surface area contributed by atoms with Crippen molar-refractivity contribution < 1.29 is 15.0 Å². The number of aromatic carboxylic acids is 1. The zero-order valence-electron chi connectivity index (χ0n) is 12.9. The third kappa shape index (κ3) is 3.08. The second kappa shape index (κ2) is 5.85. The molecule has 0 radical (unpaired) electrons. The average Bonchev–Trinajstić information content (AvgIpc) is 2.76.